The lowest BCUT2D eigenvalue weighted by Gasteiger charge is -2.42. The van der Waals surface area contributed by atoms with Gasteiger partial charge in [-0.3, -0.25) is 9.59 Å². The molecule has 0 aliphatic carbocycles. The molecule has 1 aromatic carbocycles. The van der Waals surface area contributed by atoms with E-state index < -0.39 is 6.04 Å². The van der Waals surface area contributed by atoms with Crippen molar-refractivity contribution in [2.45, 2.75) is 46.2 Å². The van der Waals surface area contributed by atoms with Crippen LogP contribution in [0.15, 0.2) is 30.3 Å². The van der Waals surface area contributed by atoms with E-state index in [1.54, 1.807) is 4.90 Å². The molecule has 1 saturated heterocycles. The number of carbonyl (C=O) groups is 2. The molecule has 2 amide bonds. The molecule has 1 aliphatic rings. The Kier molecular flexibility index (Phi) is 4.35. The van der Waals surface area contributed by atoms with Gasteiger partial charge in [0.1, 0.15) is 6.04 Å². The van der Waals surface area contributed by atoms with Gasteiger partial charge in [-0.2, -0.15) is 0 Å². The summed E-state index contributed by atoms with van der Waals surface area (Å²) in [6, 6.07) is 9.35. The third-order valence-corrected chi connectivity index (χ3v) is 4.23. The van der Waals surface area contributed by atoms with Crippen molar-refractivity contribution in [2.24, 2.45) is 5.41 Å². The molecule has 0 saturated carbocycles. The molecule has 1 N–H and O–H groups in total. The standard InChI is InChI=1S/C17H24N2O2/c1-12(17(2,3)4)19-11-15(20)18-14(16(19)21)10-13-8-6-5-7-9-13/h5-9,12,14H,10-11H2,1-4H3,(H,18,20). The number of nitrogens with zero attached hydrogens (tertiary/aromatic N) is 1. The number of nitrogens with one attached hydrogen (secondary N) is 1. The Morgan fingerprint density at radius 3 is 2.43 bits per heavy atom. The van der Waals surface area contributed by atoms with Gasteiger partial charge < -0.3 is 10.2 Å². The van der Waals surface area contributed by atoms with Crippen LogP contribution in [0.5, 0.6) is 0 Å². The molecule has 114 valence electrons. The molecular formula is C17H24N2O2. The van der Waals surface area contributed by atoms with Gasteiger partial charge in [-0.1, -0.05) is 51.1 Å². The molecule has 1 heterocycles. The Hall–Kier alpha value is -1.84. The second-order valence-electron chi connectivity index (χ2n) is 6.82. The molecule has 2 rings (SSSR count). The smallest absolute Gasteiger partial charge is 0.246 e. The molecular weight excluding hydrogens is 264 g/mol. The Morgan fingerprint density at radius 1 is 1.24 bits per heavy atom. The van der Waals surface area contributed by atoms with Gasteiger partial charge in [0, 0.05) is 12.5 Å². The minimum atomic E-state index is -0.460. The van der Waals surface area contributed by atoms with Crippen molar-refractivity contribution in [1.29, 1.82) is 0 Å². The van der Waals surface area contributed by atoms with Gasteiger partial charge in [-0.15, -0.1) is 0 Å². The number of benzene rings is 1. The lowest BCUT2D eigenvalue weighted by molar-refractivity contribution is -0.148. The zero-order valence-electron chi connectivity index (χ0n) is 13.2. The van der Waals surface area contributed by atoms with Crippen LogP contribution in [0.25, 0.3) is 0 Å². The highest BCUT2D eigenvalue weighted by Crippen LogP contribution is 2.25. The zero-order valence-corrected chi connectivity index (χ0v) is 13.2. The van der Waals surface area contributed by atoms with E-state index in [2.05, 4.69) is 26.1 Å². The van der Waals surface area contributed by atoms with Crippen molar-refractivity contribution < 1.29 is 9.59 Å². The Morgan fingerprint density at radius 2 is 1.86 bits per heavy atom. The van der Waals surface area contributed by atoms with E-state index in [9.17, 15) is 9.59 Å². The fourth-order valence-electron chi connectivity index (χ4n) is 2.52. The first-order chi connectivity index (χ1) is 9.79. The third-order valence-electron chi connectivity index (χ3n) is 4.23. The van der Waals surface area contributed by atoms with Crippen LogP contribution in [0, 0.1) is 5.41 Å². The predicted molar refractivity (Wildman–Crippen MR) is 82.7 cm³/mol. The molecule has 1 aliphatic heterocycles. The van der Waals surface area contributed by atoms with E-state index in [0.29, 0.717) is 6.42 Å². The van der Waals surface area contributed by atoms with Crippen molar-refractivity contribution in [3.8, 4) is 0 Å². The van der Waals surface area contributed by atoms with Gasteiger partial charge in [0.2, 0.25) is 11.8 Å². The summed E-state index contributed by atoms with van der Waals surface area (Å²) in [5, 5.41) is 2.82. The topological polar surface area (TPSA) is 49.4 Å². The summed E-state index contributed by atoms with van der Waals surface area (Å²) in [5.41, 5.74) is 1.01. The molecule has 4 heteroatoms. The highest BCUT2D eigenvalue weighted by Gasteiger charge is 2.38. The molecule has 0 spiro atoms. The number of piperazine rings is 1. The van der Waals surface area contributed by atoms with Gasteiger partial charge in [0.25, 0.3) is 0 Å². The molecule has 1 fully saturated rings. The highest BCUT2D eigenvalue weighted by atomic mass is 16.2. The summed E-state index contributed by atoms with van der Waals surface area (Å²) in [7, 11) is 0. The summed E-state index contributed by atoms with van der Waals surface area (Å²) < 4.78 is 0. The Bertz CT molecular complexity index is 519. The van der Waals surface area contributed by atoms with Crippen LogP contribution in [0.1, 0.15) is 33.3 Å². The summed E-state index contributed by atoms with van der Waals surface area (Å²) in [6.45, 7) is 8.43. The van der Waals surface area contributed by atoms with Crippen LogP contribution in [0.3, 0.4) is 0 Å². The van der Waals surface area contributed by atoms with Crippen molar-refractivity contribution in [3.05, 3.63) is 35.9 Å². The van der Waals surface area contributed by atoms with Crippen molar-refractivity contribution in [3.63, 3.8) is 0 Å². The zero-order chi connectivity index (χ0) is 15.6. The molecule has 4 nitrogen and oxygen atoms in total. The SMILES string of the molecule is CC(N1CC(=O)NC(Cc2ccccc2)C1=O)C(C)(C)C. The number of carbonyl (C=O) groups excluding carboxylic acids is 2. The van der Waals surface area contributed by atoms with Gasteiger partial charge >= 0.3 is 0 Å². The maximum atomic E-state index is 12.7. The quantitative estimate of drug-likeness (QED) is 0.924. The fourth-order valence-corrected chi connectivity index (χ4v) is 2.52. The molecule has 2 atom stereocenters. The van der Waals surface area contributed by atoms with Crippen LogP contribution in [0.2, 0.25) is 0 Å². The van der Waals surface area contributed by atoms with Crippen LogP contribution in [-0.4, -0.2) is 35.3 Å². The maximum Gasteiger partial charge on any atom is 0.246 e. The molecule has 0 bridgehead atoms. The lowest BCUT2D eigenvalue weighted by atomic mass is 9.86. The fraction of sp³-hybridized carbons (Fsp3) is 0.529. The van der Waals surface area contributed by atoms with Crippen LogP contribution < -0.4 is 5.32 Å². The van der Waals surface area contributed by atoms with Crippen LogP contribution in [-0.2, 0) is 16.0 Å². The maximum absolute atomic E-state index is 12.7. The van der Waals surface area contributed by atoms with Gasteiger partial charge in [-0.25, -0.2) is 0 Å². The predicted octanol–water partition coefficient (Wildman–Crippen LogP) is 1.99. The van der Waals surface area contributed by atoms with Crippen molar-refractivity contribution in [1.82, 2.24) is 10.2 Å². The molecule has 0 aromatic heterocycles. The van der Waals surface area contributed by atoms with E-state index in [0.717, 1.165) is 5.56 Å². The monoisotopic (exact) mass is 288 g/mol. The minimum absolute atomic E-state index is 0.0147. The largest absolute Gasteiger partial charge is 0.342 e. The molecule has 21 heavy (non-hydrogen) atoms. The van der Waals surface area contributed by atoms with Crippen LogP contribution >= 0.6 is 0 Å². The number of rotatable bonds is 3. The average Bonchev–Trinajstić information content (AvgIpc) is 2.42. The third kappa shape index (κ3) is 3.63. The summed E-state index contributed by atoms with van der Waals surface area (Å²) in [4.78, 5) is 26.3. The number of hydrogen-bond acceptors (Lipinski definition) is 2. The minimum Gasteiger partial charge on any atom is -0.342 e. The Balaban J connectivity index is 2.16. The van der Waals surface area contributed by atoms with E-state index in [-0.39, 0.29) is 29.8 Å². The molecule has 0 radical (unpaired) electrons. The molecule has 1 aromatic rings. The van der Waals surface area contributed by atoms with Crippen molar-refractivity contribution >= 4 is 11.8 Å². The van der Waals surface area contributed by atoms with E-state index in [1.807, 2.05) is 37.3 Å². The summed E-state index contributed by atoms with van der Waals surface area (Å²) in [5.74, 6) is -0.0625. The van der Waals surface area contributed by atoms with E-state index in [1.165, 1.54) is 0 Å². The molecule has 2 unspecified atom stereocenters. The van der Waals surface area contributed by atoms with Gasteiger partial charge in [-0.05, 0) is 17.9 Å². The number of hydrogen-bond donors (Lipinski definition) is 1. The van der Waals surface area contributed by atoms with E-state index in [4.69, 9.17) is 0 Å². The second kappa shape index (κ2) is 5.88. The van der Waals surface area contributed by atoms with Gasteiger partial charge in [0.15, 0.2) is 0 Å². The average molecular weight is 288 g/mol. The van der Waals surface area contributed by atoms with Crippen molar-refractivity contribution in [2.75, 3.05) is 6.54 Å². The second-order valence-corrected chi connectivity index (χ2v) is 6.82. The summed E-state index contributed by atoms with van der Waals surface area (Å²) >= 11 is 0. The first kappa shape index (κ1) is 15.5. The Labute approximate surface area is 126 Å². The first-order valence-electron chi connectivity index (χ1n) is 7.43. The van der Waals surface area contributed by atoms with E-state index >= 15 is 0 Å². The summed E-state index contributed by atoms with van der Waals surface area (Å²) in [6.07, 6.45) is 0.540. The van der Waals surface area contributed by atoms with Crippen LogP contribution in [0.4, 0.5) is 0 Å². The first-order valence-corrected chi connectivity index (χ1v) is 7.43. The lowest BCUT2D eigenvalue weighted by Crippen LogP contribution is -2.62. The highest BCUT2D eigenvalue weighted by molar-refractivity contribution is 5.95. The van der Waals surface area contributed by atoms with Gasteiger partial charge in [0.05, 0.1) is 6.54 Å². The number of amides is 2. The normalized spacial score (nSPS) is 21.1.